The van der Waals surface area contributed by atoms with Crippen LogP contribution >= 0.6 is 22.2 Å². The first-order chi connectivity index (χ1) is 21.3. The quantitative estimate of drug-likeness (QED) is 0.149. The molecule has 4 aromatic rings. The fourth-order valence-corrected chi connectivity index (χ4v) is 11.2. The van der Waals surface area contributed by atoms with Crippen molar-refractivity contribution in [3.8, 4) is 22.3 Å². The Morgan fingerprint density at radius 3 is 1.13 bits per heavy atom. The fraction of sp³-hybridized carbons (Fsp3) is 0.333. The van der Waals surface area contributed by atoms with Gasteiger partial charge in [-0.3, -0.25) is 0 Å². The van der Waals surface area contributed by atoms with Crippen molar-refractivity contribution in [1.82, 2.24) is 0 Å². The molecule has 46 heavy (non-hydrogen) atoms. The van der Waals surface area contributed by atoms with Crippen molar-refractivity contribution in [2.75, 3.05) is 0 Å². The third-order valence-corrected chi connectivity index (χ3v) is 13.6. The molecule has 2 atom stereocenters. The van der Waals surface area contributed by atoms with E-state index in [1.807, 2.05) is 13.1 Å². The molecule has 4 aromatic carbocycles. The van der Waals surface area contributed by atoms with Crippen LogP contribution < -0.4 is 0 Å². The number of benzene rings is 4. The Morgan fingerprint density at radius 2 is 0.826 bits per heavy atom. The summed E-state index contributed by atoms with van der Waals surface area (Å²) in [5.74, 6) is 0. The first-order valence-electron chi connectivity index (χ1n) is 16.5. The molecule has 0 saturated carbocycles. The van der Waals surface area contributed by atoms with E-state index in [0.29, 0.717) is 0 Å². The highest BCUT2D eigenvalue weighted by Crippen LogP contribution is 2.52. The highest BCUT2D eigenvalue weighted by molar-refractivity contribution is 7.44. The maximum Gasteiger partial charge on any atom is 0.245 e. The Labute approximate surface area is 291 Å². The zero-order valence-electron chi connectivity index (χ0n) is 29.9. The highest BCUT2D eigenvalue weighted by atomic mass is 35.7. The Balaban J connectivity index is 0.000000775. The van der Waals surface area contributed by atoms with Gasteiger partial charge in [0.15, 0.2) is 0 Å². The van der Waals surface area contributed by atoms with Crippen LogP contribution in [0, 0.1) is 41.5 Å². The number of hydrogen-bond acceptors (Lipinski definition) is 0. The monoisotopic (exact) mass is 680 g/mol. The summed E-state index contributed by atoms with van der Waals surface area (Å²) in [6.45, 7) is 25.4. The third-order valence-electron chi connectivity index (χ3n) is 10.3. The van der Waals surface area contributed by atoms with Crippen molar-refractivity contribution in [3.05, 3.63) is 127 Å². The predicted molar refractivity (Wildman–Crippen MR) is 212 cm³/mol. The Kier molecular flexibility index (Phi) is 9.38. The largest absolute Gasteiger partial charge is 0.245 e. The van der Waals surface area contributed by atoms with Gasteiger partial charge in [0.05, 0.1) is 9.52 Å². The van der Waals surface area contributed by atoms with E-state index in [9.17, 15) is 0 Å². The van der Waals surface area contributed by atoms with Gasteiger partial charge < -0.3 is 0 Å². The van der Waals surface area contributed by atoms with Crippen LogP contribution in [0.2, 0.25) is 13.1 Å². The van der Waals surface area contributed by atoms with E-state index in [-0.39, 0.29) is 10.1 Å². The second kappa shape index (κ2) is 12.4. The van der Waals surface area contributed by atoms with E-state index in [2.05, 4.69) is 142 Å². The normalized spacial score (nSPS) is 20.3. The summed E-state index contributed by atoms with van der Waals surface area (Å²) in [4.78, 5) is 0. The standard InChI is InChI=1S/C40H44Si.C2H6Cl2Si/c1-23-15-24(2)18-31(17-23)37-27(5)11-13-35-33(37)21-29(7)39(35,9)41-40(10)30(8)22-34-36(40)14-12-28(6)38(34)32-19-25(3)16-26(4)20-32;1-5(2,3)4/h11-22H,41H2,1-10H3;1-2H3. The summed E-state index contributed by atoms with van der Waals surface area (Å²) in [6, 6.07) is 23.7. The van der Waals surface area contributed by atoms with Gasteiger partial charge in [-0.2, -0.15) is 0 Å². The lowest BCUT2D eigenvalue weighted by molar-refractivity contribution is 0.717. The van der Waals surface area contributed by atoms with E-state index in [1.165, 1.54) is 89.0 Å². The number of aryl methyl sites for hydroxylation is 6. The van der Waals surface area contributed by atoms with E-state index in [1.54, 1.807) is 0 Å². The van der Waals surface area contributed by atoms with E-state index in [0.717, 1.165) is 0 Å². The van der Waals surface area contributed by atoms with Crippen LogP contribution in [0.3, 0.4) is 0 Å². The summed E-state index contributed by atoms with van der Waals surface area (Å²) in [5.41, 5.74) is 22.6. The molecule has 0 spiro atoms. The van der Waals surface area contributed by atoms with Gasteiger partial charge in [0.1, 0.15) is 0 Å². The van der Waals surface area contributed by atoms with Gasteiger partial charge in [0.25, 0.3) is 0 Å². The fourth-order valence-electron chi connectivity index (χ4n) is 8.08. The SMILES string of the molecule is CC1=Cc2c(ccc(C)c2-c2cc(C)cc(C)c2)C1(C)[SiH2]C1(C)C(C)=Cc2c1ccc(C)c2-c1cc(C)cc(C)c1.C[Si](C)(Cl)Cl. The zero-order valence-corrected chi connectivity index (χ0v) is 33.8. The van der Waals surface area contributed by atoms with Gasteiger partial charge in [-0.25, -0.2) is 0 Å². The van der Waals surface area contributed by atoms with E-state index >= 15 is 0 Å². The lowest BCUT2D eigenvalue weighted by Crippen LogP contribution is -2.43. The maximum atomic E-state index is 5.43. The third kappa shape index (κ3) is 6.56. The predicted octanol–water partition coefficient (Wildman–Crippen LogP) is 12.2. The van der Waals surface area contributed by atoms with Gasteiger partial charge in [0.2, 0.25) is 6.69 Å². The van der Waals surface area contributed by atoms with E-state index in [4.69, 9.17) is 22.2 Å². The average molecular weight is 682 g/mol. The molecule has 0 bridgehead atoms. The van der Waals surface area contributed by atoms with Crippen LogP contribution in [0.5, 0.6) is 0 Å². The van der Waals surface area contributed by atoms with Crippen molar-refractivity contribution < 1.29 is 0 Å². The topological polar surface area (TPSA) is 0 Å². The lowest BCUT2D eigenvalue weighted by Gasteiger charge is -2.39. The molecule has 6 rings (SSSR count). The van der Waals surface area contributed by atoms with Crippen LogP contribution in [-0.4, -0.2) is 16.2 Å². The van der Waals surface area contributed by atoms with Crippen LogP contribution in [0.25, 0.3) is 34.4 Å². The Morgan fingerprint density at radius 1 is 0.522 bits per heavy atom. The Bertz CT molecular complexity index is 1740. The van der Waals surface area contributed by atoms with E-state index < -0.39 is 16.2 Å². The molecule has 2 aliphatic carbocycles. The van der Waals surface area contributed by atoms with Crippen molar-refractivity contribution in [2.45, 2.75) is 92.4 Å². The molecule has 0 saturated heterocycles. The first kappa shape index (κ1) is 34.7. The van der Waals surface area contributed by atoms with Gasteiger partial charge in [-0.15, -0.1) is 22.2 Å². The van der Waals surface area contributed by atoms with Gasteiger partial charge in [0, 0.05) is 10.1 Å². The number of allylic oxidation sites excluding steroid dienone is 2. The molecule has 0 amide bonds. The molecule has 0 N–H and O–H groups in total. The number of rotatable bonds is 4. The number of halogens is 2. The van der Waals surface area contributed by atoms with Crippen LogP contribution in [0.15, 0.2) is 71.8 Å². The van der Waals surface area contributed by atoms with Crippen molar-refractivity contribution in [3.63, 3.8) is 0 Å². The molecule has 0 fully saturated rings. The van der Waals surface area contributed by atoms with Gasteiger partial charge in [-0.05, 0) is 124 Å². The molecule has 0 radical (unpaired) electrons. The molecule has 240 valence electrons. The second-order valence-electron chi connectivity index (χ2n) is 15.0. The summed E-state index contributed by atoms with van der Waals surface area (Å²) in [7, 11) is -0.725. The van der Waals surface area contributed by atoms with Crippen LogP contribution in [-0.2, 0) is 10.1 Å². The molecular formula is C42H50Cl2Si2. The highest BCUT2D eigenvalue weighted by Gasteiger charge is 2.46. The number of hydrogen-bond donors (Lipinski definition) is 0. The molecule has 2 aliphatic rings. The summed E-state index contributed by atoms with van der Waals surface area (Å²) in [6.07, 6.45) is 5.05. The van der Waals surface area contributed by atoms with Crippen LogP contribution in [0.1, 0.15) is 83.3 Å². The van der Waals surface area contributed by atoms with Crippen molar-refractivity contribution in [2.24, 2.45) is 0 Å². The van der Waals surface area contributed by atoms with Crippen LogP contribution in [0.4, 0.5) is 0 Å². The molecule has 0 aromatic heterocycles. The zero-order chi connectivity index (χ0) is 33.9. The molecule has 4 heteroatoms. The first-order valence-corrected chi connectivity index (χ1v) is 23.0. The second-order valence-corrected chi connectivity index (χ2v) is 27.1. The minimum atomic E-state index is -1.67. The molecular weight excluding hydrogens is 632 g/mol. The minimum Gasteiger partial charge on any atom is -0.146 e. The lowest BCUT2D eigenvalue weighted by atomic mass is 9.88. The minimum absolute atomic E-state index is 0.0904. The summed E-state index contributed by atoms with van der Waals surface area (Å²) >= 11 is 10.9. The number of fused-ring (bicyclic) bond motifs is 2. The average Bonchev–Trinajstić information content (AvgIpc) is 3.29. The van der Waals surface area contributed by atoms with Crippen molar-refractivity contribution >= 4 is 50.5 Å². The molecule has 0 heterocycles. The van der Waals surface area contributed by atoms with Gasteiger partial charge in [-0.1, -0.05) is 120 Å². The molecule has 0 aliphatic heterocycles. The molecule has 0 nitrogen and oxygen atoms in total. The Hall–Kier alpha value is -2.63. The van der Waals surface area contributed by atoms with Gasteiger partial charge >= 0.3 is 0 Å². The summed E-state index contributed by atoms with van der Waals surface area (Å²) in [5, 5.41) is 0.181. The van der Waals surface area contributed by atoms with Crippen molar-refractivity contribution in [1.29, 1.82) is 0 Å². The smallest absolute Gasteiger partial charge is 0.146 e. The summed E-state index contributed by atoms with van der Waals surface area (Å²) < 4.78 is 0. The molecule has 2 unspecified atom stereocenters. The maximum absolute atomic E-state index is 5.43.